The molecule has 0 radical (unpaired) electrons. The van der Waals surface area contributed by atoms with E-state index in [9.17, 15) is 27.2 Å². The average Bonchev–Trinajstić information content (AvgIpc) is 3.40. The van der Waals surface area contributed by atoms with Crippen molar-refractivity contribution < 1.29 is 27.2 Å². The van der Waals surface area contributed by atoms with Crippen molar-refractivity contribution in [3.8, 4) is 0 Å². The van der Waals surface area contributed by atoms with Gasteiger partial charge in [-0.25, -0.2) is 9.07 Å². The predicted molar refractivity (Wildman–Crippen MR) is 98.5 cm³/mol. The fourth-order valence-electron chi connectivity index (χ4n) is 2.59. The van der Waals surface area contributed by atoms with Crippen LogP contribution in [0.15, 0.2) is 30.7 Å². The third-order valence-corrected chi connectivity index (χ3v) is 4.19. The second-order valence-corrected chi connectivity index (χ2v) is 6.66. The number of halogens is 4. The minimum atomic E-state index is -4.52. The van der Waals surface area contributed by atoms with Crippen LogP contribution >= 0.6 is 0 Å². The summed E-state index contributed by atoms with van der Waals surface area (Å²) in [7, 11) is 0. The summed E-state index contributed by atoms with van der Waals surface area (Å²) < 4.78 is 54.8. The highest BCUT2D eigenvalue weighted by Crippen LogP contribution is 2.28. The van der Waals surface area contributed by atoms with Crippen LogP contribution in [0.2, 0.25) is 0 Å². The minimum absolute atomic E-state index is 0.0111. The van der Waals surface area contributed by atoms with Crippen LogP contribution in [-0.2, 0) is 25.8 Å². The maximum absolute atomic E-state index is 14.2. The largest absolute Gasteiger partial charge is 0.416 e. The van der Waals surface area contributed by atoms with Gasteiger partial charge in [-0.05, 0) is 12.1 Å². The fourth-order valence-corrected chi connectivity index (χ4v) is 2.59. The number of pyridine rings is 1. The van der Waals surface area contributed by atoms with Crippen molar-refractivity contribution in [3.05, 3.63) is 53.4 Å². The number of aryl methyl sites for hydroxylation is 1. The van der Waals surface area contributed by atoms with E-state index in [4.69, 9.17) is 5.73 Å². The number of carbonyl (C=O) groups excluding carboxylic acids is 2. The molecular formula is C17H17F4N9O2. The SMILES string of the molecule is NC(=O)c1cn(CCC(F)Cn2cc(C(=O)NCc3cc(C(F)(F)F)ccn3)nn2)nn1. The number of hydrogen-bond acceptors (Lipinski definition) is 7. The molecule has 0 saturated carbocycles. The number of alkyl halides is 4. The molecule has 1 atom stereocenters. The summed E-state index contributed by atoms with van der Waals surface area (Å²) in [6.45, 7) is -0.327. The molecule has 3 N–H and O–H groups in total. The highest BCUT2D eigenvalue weighted by molar-refractivity contribution is 5.91. The quantitative estimate of drug-likeness (QED) is 0.453. The van der Waals surface area contributed by atoms with E-state index in [2.05, 4.69) is 30.9 Å². The molecule has 11 nitrogen and oxygen atoms in total. The number of amides is 2. The van der Waals surface area contributed by atoms with Crippen LogP contribution in [0.3, 0.4) is 0 Å². The van der Waals surface area contributed by atoms with Gasteiger partial charge in [0, 0.05) is 19.2 Å². The zero-order valence-corrected chi connectivity index (χ0v) is 16.3. The normalized spacial score (nSPS) is 12.5. The Kier molecular flexibility index (Phi) is 6.75. The highest BCUT2D eigenvalue weighted by Gasteiger charge is 2.30. The molecule has 3 aromatic heterocycles. The Morgan fingerprint density at radius 2 is 1.81 bits per heavy atom. The fraction of sp³-hybridized carbons (Fsp3) is 0.353. The van der Waals surface area contributed by atoms with Crippen molar-refractivity contribution in [1.29, 1.82) is 0 Å². The summed E-state index contributed by atoms with van der Waals surface area (Å²) in [5, 5.41) is 16.9. The van der Waals surface area contributed by atoms with Gasteiger partial charge in [0.1, 0.15) is 6.17 Å². The Hall–Kier alpha value is -3.91. The summed E-state index contributed by atoms with van der Waals surface area (Å²) in [5.74, 6) is -1.45. The number of nitrogens with two attached hydrogens (primary N) is 1. The third-order valence-electron chi connectivity index (χ3n) is 4.19. The topological polar surface area (TPSA) is 146 Å². The lowest BCUT2D eigenvalue weighted by molar-refractivity contribution is -0.137. The Morgan fingerprint density at radius 3 is 2.50 bits per heavy atom. The molecule has 15 heteroatoms. The number of rotatable bonds is 9. The van der Waals surface area contributed by atoms with Crippen molar-refractivity contribution in [2.75, 3.05) is 0 Å². The third kappa shape index (κ3) is 6.05. The van der Waals surface area contributed by atoms with Gasteiger partial charge in [-0.2, -0.15) is 13.2 Å². The molecule has 0 bridgehead atoms. The maximum atomic E-state index is 14.2. The zero-order chi connectivity index (χ0) is 23.3. The number of nitrogens with one attached hydrogen (secondary N) is 1. The molecule has 170 valence electrons. The van der Waals surface area contributed by atoms with Gasteiger partial charge in [0.25, 0.3) is 11.8 Å². The number of hydrogen-bond donors (Lipinski definition) is 2. The maximum Gasteiger partial charge on any atom is 0.416 e. The first-order valence-corrected chi connectivity index (χ1v) is 9.16. The van der Waals surface area contributed by atoms with Gasteiger partial charge in [-0.15, -0.1) is 10.2 Å². The van der Waals surface area contributed by atoms with Gasteiger partial charge >= 0.3 is 6.18 Å². The first-order chi connectivity index (χ1) is 15.1. The van der Waals surface area contributed by atoms with E-state index in [0.29, 0.717) is 0 Å². The Balaban J connectivity index is 1.49. The molecule has 3 heterocycles. The van der Waals surface area contributed by atoms with Crippen molar-refractivity contribution >= 4 is 11.8 Å². The van der Waals surface area contributed by atoms with E-state index in [0.717, 1.165) is 23.0 Å². The lowest BCUT2D eigenvalue weighted by Crippen LogP contribution is -2.24. The second kappa shape index (κ2) is 9.49. The van der Waals surface area contributed by atoms with Gasteiger partial charge < -0.3 is 11.1 Å². The van der Waals surface area contributed by atoms with Crippen molar-refractivity contribution in [2.45, 2.75) is 38.4 Å². The average molecular weight is 455 g/mol. The smallest absolute Gasteiger partial charge is 0.364 e. The molecule has 0 saturated heterocycles. The minimum Gasteiger partial charge on any atom is -0.364 e. The Labute approximate surface area is 177 Å². The van der Waals surface area contributed by atoms with E-state index >= 15 is 0 Å². The second-order valence-electron chi connectivity index (χ2n) is 6.66. The molecular weight excluding hydrogens is 438 g/mol. The Bertz CT molecular complexity index is 1100. The van der Waals surface area contributed by atoms with E-state index in [1.165, 1.54) is 17.1 Å². The van der Waals surface area contributed by atoms with E-state index in [-0.39, 0.29) is 43.1 Å². The molecule has 0 spiro atoms. The number of primary amides is 1. The first kappa shape index (κ1) is 22.8. The molecule has 0 aliphatic heterocycles. The van der Waals surface area contributed by atoms with Crippen LogP contribution < -0.4 is 11.1 Å². The Morgan fingerprint density at radius 1 is 1.12 bits per heavy atom. The summed E-state index contributed by atoms with van der Waals surface area (Å²) >= 11 is 0. The predicted octanol–water partition coefficient (Wildman–Crippen LogP) is 0.741. The number of nitrogens with zero attached hydrogens (tertiary/aromatic N) is 7. The summed E-state index contributed by atoms with van der Waals surface area (Å²) in [4.78, 5) is 26.9. The molecule has 3 aromatic rings. The van der Waals surface area contributed by atoms with Gasteiger partial charge in [0.15, 0.2) is 11.4 Å². The molecule has 0 fully saturated rings. The summed E-state index contributed by atoms with van der Waals surface area (Å²) in [6, 6.07) is 1.65. The molecule has 1 unspecified atom stereocenters. The van der Waals surface area contributed by atoms with Crippen LogP contribution in [0.5, 0.6) is 0 Å². The van der Waals surface area contributed by atoms with Crippen LogP contribution in [0.4, 0.5) is 17.6 Å². The number of aromatic nitrogens is 7. The van der Waals surface area contributed by atoms with Gasteiger partial charge in [0.05, 0.1) is 36.7 Å². The summed E-state index contributed by atoms with van der Waals surface area (Å²) in [6.07, 6.45) is -2.37. The van der Waals surface area contributed by atoms with Gasteiger partial charge in [-0.1, -0.05) is 10.4 Å². The lowest BCUT2D eigenvalue weighted by Gasteiger charge is -2.08. The van der Waals surface area contributed by atoms with Gasteiger partial charge in [0.2, 0.25) is 0 Å². The highest BCUT2D eigenvalue weighted by atomic mass is 19.4. The molecule has 0 aromatic carbocycles. The summed E-state index contributed by atoms with van der Waals surface area (Å²) in [5.41, 5.74) is 4.02. The molecule has 0 aliphatic rings. The standard InChI is InChI=1S/C17H17F4N9O2/c18-11(2-4-29-8-13(15(22)31)25-27-29)7-30-9-14(26-28-30)16(32)24-6-12-5-10(1-3-23-12)17(19,20)21/h1,3,5,8-9,11H,2,4,6-7H2,(H2,22,31)(H,24,32). The molecule has 32 heavy (non-hydrogen) atoms. The molecule has 2 amide bonds. The van der Waals surface area contributed by atoms with Crippen molar-refractivity contribution in [2.24, 2.45) is 5.73 Å². The van der Waals surface area contributed by atoms with Crippen molar-refractivity contribution in [1.82, 2.24) is 40.3 Å². The van der Waals surface area contributed by atoms with Gasteiger partial charge in [-0.3, -0.25) is 19.3 Å². The lowest BCUT2D eigenvalue weighted by atomic mass is 10.2. The van der Waals surface area contributed by atoms with Crippen LogP contribution in [0.25, 0.3) is 0 Å². The van der Waals surface area contributed by atoms with E-state index in [1.54, 1.807) is 0 Å². The zero-order valence-electron chi connectivity index (χ0n) is 16.3. The van der Waals surface area contributed by atoms with E-state index in [1.807, 2.05) is 0 Å². The van der Waals surface area contributed by atoms with Crippen LogP contribution in [0, 0.1) is 0 Å². The van der Waals surface area contributed by atoms with Crippen LogP contribution in [0.1, 0.15) is 38.7 Å². The van der Waals surface area contributed by atoms with Crippen molar-refractivity contribution in [3.63, 3.8) is 0 Å². The molecule has 3 rings (SSSR count). The van der Waals surface area contributed by atoms with Crippen LogP contribution in [-0.4, -0.2) is 53.0 Å². The number of carbonyl (C=O) groups is 2. The first-order valence-electron chi connectivity index (χ1n) is 9.16. The monoisotopic (exact) mass is 455 g/mol. The van der Waals surface area contributed by atoms with E-state index < -0.39 is 29.7 Å². The molecule has 0 aliphatic carbocycles.